The first kappa shape index (κ1) is 29.4. The Bertz CT molecular complexity index is 801. The average molecular weight is 519 g/mol. The minimum Gasteiger partial charge on any atom is -0.463 e. The van der Waals surface area contributed by atoms with Crippen molar-refractivity contribution in [2.75, 3.05) is 13.2 Å². The van der Waals surface area contributed by atoms with Gasteiger partial charge in [-0.2, -0.15) is 0 Å². The minimum absolute atomic E-state index is 0.215. The van der Waals surface area contributed by atoms with Crippen LogP contribution >= 0.6 is 0 Å². The molecule has 0 amide bonds. The molecule has 0 unspecified atom stereocenters. The summed E-state index contributed by atoms with van der Waals surface area (Å²) in [6.45, 7) is 18.4. The fourth-order valence-corrected chi connectivity index (χ4v) is 10.4. The maximum absolute atomic E-state index is 11.4. The summed E-state index contributed by atoms with van der Waals surface area (Å²) in [5.74, 6) is 5.31. The second kappa shape index (κ2) is 10.8. The molecule has 214 valence electrons. The molecule has 4 rings (SSSR count). The Hall–Kier alpha value is -0.610. The third kappa shape index (κ3) is 5.41. The van der Waals surface area contributed by atoms with Gasteiger partial charge in [-0.05, 0) is 117 Å². The van der Waals surface area contributed by atoms with Crippen molar-refractivity contribution in [1.29, 1.82) is 0 Å². The Kier molecular flexibility index (Phi) is 8.54. The van der Waals surface area contributed by atoms with Gasteiger partial charge in [-0.3, -0.25) is 4.79 Å². The minimum atomic E-state index is -0.924. The van der Waals surface area contributed by atoms with Crippen LogP contribution in [0.5, 0.6) is 0 Å². The van der Waals surface area contributed by atoms with Gasteiger partial charge < -0.3 is 14.6 Å². The molecule has 37 heavy (non-hydrogen) atoms. The van der Waals surface area contributed by atoms with Crippen molar-refractivity contribution in [2.24, 2.45) is 52.3 Å². The van der Waals surface area contributed by atoms with Crippen LogP contribution in [0.2, 0.25) is 0 Å². The number of hydrogen-bond acceptors (Lipinski definition) is 4. The first-order valence-electron chi connectivity index (χ1n) is 15.7. The van der Waals surface area contributed by atoms with Crippen LogP contribution < -0.4 is 0 Å². The Morgan fingerprint density at radius 2 is 1.68 bits per heavy atom. The van der Waals surface area contributed by atoms with Gasteiger partial charge in [0.1, 0.15) is 6.61 Å². The molecule has 1 N–H and O–H groups in total. The number of rotatable bonds is 10. The van der Waals surface area contributed by atoms with Crippen molar-refractivity contribution in [3.8, 4) is 0 Å². The van der Waals surface area contributed by atoms with E-state index in [0.29, 0.717) is 17.9 Å². The Balaban J connectivity index is 1.48. The van der Waals surface area contributed by atoms with Crippen molar-refractivity contribution in [3.05, 3.63) is 0 Å². The zero-order chi connectivity index (χ0) is 27.2. The summed E-state index contributed by atoms with van der Waals surface area (Å²) in [4.78, 5) is 11.3. The zero-order valence-corrected chi connectivity index (χ0v) is 25.4. The quantitative estimate of drug-likeness (QED) is 0.237. The molecule has 0 aliphatic heterocycles. The van der Waals surface area contributed by atoms with Crippen LogP contribution in [0.4, 0.5) is 0 Å². The Labute approximate surface area is 228 Å². The molecule has 0 saturated heterocycles. The SMILES string of the molecule is CC(=O)OCCO[C@@]1(C(C)(C)O)C[C@@H]2CC[C@@H]3[C@H](CC[C@]4(C)[C@@H]([C@H](C)CCCC(C)C)CC[C@@H]34)[C@@]2(C)C1. The molecule has 0 spiro atoms. The second-order valence-electron chi connectivity index (χ2n) is 15.3. The van der Waals surface area contributed by atoms with E-state index in [0.717, 1.165) is 48.3 Å². The maximum atomic E-state index is 11.4. The van der Waals surface area contributed by atoms with Gasteiger partial charge in [-0.1, -0.05) is 53.9 Å². The van der Waals surface area contributed by atoms with Gasteiger partial charge in [0.25, 0.3) is 0 Å². The number of fused-ring (bicyclic) bond motifs is 5. The largest absolute Gasteiger partial charge is 0.463 e. The Morgan fingerprint density at radius 1 is 0.973 bits per heavy atom. The third-order valence-electron chi connectivity index (χ3n) is 12.4. The highest BCUT2D eigenvalue weighted by Gasteiger charge is 2.66. The number of ether oxygens (including phenoxy) is 2. The number of carbonyl (C=O) groups excluding carboxylic acids is 1. The summed E-state index contributed by atoms with van der Waals surface area (Å²) in [6.07, 6.45) is 14.2. The van der Waals surface area contributed by atoms with Gasteiger partial charge in [0.05, 0.1) is 17.8 Å². The lowest BCUT2D eigenvalue weighted by Crippen LogP contribution is -2.53. The fourth-order valence-electron chi connectivity index (χ4n) is 10.4. The average Bonchev–Trinajstić information content (AvgIpc) is 3.30. The first-order valence-corrected chi connectivity index (χ1v) is 15.7. The van der Waals surface area contributed by atoms with E-state index in [4.69, 9.17) is 9.47 Å². The fraction of sp³-hybridized carbons (Fsp3) is 0.970. The molecule has 0 radical (unpaired) electrons. The summed E-state index contributed by atoms with van der Waals surface area (Å²) in [6, 6.07) is 0. The Morgan fingerprint density at radius 3 is 2.32 bits per heavy atom. The van der Waals surface area contributed by atoms with E-state index < -0.39 is 11.2 Å². The van der Waals surface area contributed by atoms with E-state index in [1.807, 2.05) is 13.8 Å². The molecule has 4 aliphatic rings. The first-order chi connectivity index (χ1) is 17.2. The van der Waals surface area contributed by atoms with Gasteiger partial charge in [-0.15, -0.1) is 0 Å². The van der Waals surface area contributed by atoms with Crippen LogP contribution in [-0.2, 0) is 14.3 Å². The zero-order valence-electron chi connectivity index (χ0n) is 25.4. The topological polar surface area (TPSA) is 55.8 Å². The van der Waals surface area contributed by atoms with E-state index >= 15 is 0 Å². The maximum Gasteiger partial charge on any atom is 0.302 e. The van der Waals surface area contributed by atoms with E-state index in [1.165, 1.54) is 64.7 Å². The van der Waals surface area contributed by atoms with E-state index in [9.17, 15) is 9.90 Å². The van der Waals surface area contributed by atoms with Crippen molar-refractivity contribution >= 4 is 5.97 Å². The van der Waals surface area contributed by atoms with Gasteiger partial charge in [0.15, 0.2) is 0 Å². The molecule has 0 aromatic carbocycles. The summed E-state index contributed by atoms with van der Waals surface area (Å²) in [5.41, 5.74) is -0.766. The van der Waals surface area contributed by atoms with Crippen molar-refractivity contribution in [3.63, 3.8) is 0 Å². The van der Waals surface area contributed by atoms with Crippen molar-refractivity contribution in [1.82, 2.24) is 0 Å². The predicted octanol–water partition coefficient (Wildman–Crippen LogP) is 7.81. The molecule has 4 nitrogen and oxygen atoms in total. The molecular weight excluding hydrogens is 460 g/mol. The summed E-state index contributed by atoms with van der Waals surface area (Å²) >= 11 is 0. The van der Waals surface area contributed by atoms with E-state index in [1.54, 1.807) is 0 Å². The molecule has 4 fully saturated rings. The van der Waals surface area contributed by atoms with E-state index in [2.05, 4.69) is 34.6 Å². The highest BCUT2D eigenvalue weighted by Crippen LogP contribution is 2.71. The predicted molar refractivity (Wildman–Crippen MR) is 150 cm³/mol. The standard InChI is InChI=1S/C33H58O4/c1-22(2)10-9-11-23(3)27-14-15-28-26-13-12-25-20-33(30(5,6)35,37-19-18-36-24(4)34)21-32(25,8)29(26)16-17-31(27,28)7/h22-23,25-29,35H,9-21H2,1-8H3/t23-,25+,26+,27-,28+,29+,31-,32+,33+/m1/s1. The summed E-state index contributed by atoms with van der Waals surface area (Å²) in [5, 5.41) is 11.4. The molecule has 0 aromatic rings. The van der Waals surface area contributed by atoms with Crippen LogP contribution in [0.25, 0.3) is 0 Å². The van der Waals surface area contributed by atoms with Crippen LogP contribution in [0.1, 0.15) is 126 Å². The number of hydrogen-bond donors (Lipinski definition) is 1. The van der Waals surface area contributed by atoms with Gasteiger partial charge >= 0.3 is 5.97 Å². The molecule has 0 aromatic heterocycles. The molecule has 4 saturated carbocycles. The van der Waals surface area contributed by atoms with Crippen LogP contribution in [-0.4, -0.2) is 35.5 Å². The highest BCUT2D eigenvalue weighted by molar-refractivity contribution is 5.65. The van der Waals surface area contributed by atoms with Gasteiger partial charge in [0, 0.05) is 6.92 Å². The summed E-state index contributed by atoms with van der Waals surface area (Å²) < 4.78 is 11.7. The van der Waals surface area contributed by atoms with Crippen LogP contribution in [0.15, 0.2) is 0 Å². The molecule has 4 heteroatoms. The third-order valence-corrected chi connectivity index (χ3v) is 12.4. The normalized spacial score (nSPS) is 42.3. The lowest BCUT2D eigenvalue weighted by Gasteiger charge is -2.58. The molecule has 0 bridgehead atoms. The second-order valence-corrected chi connectivity index (χ2v) is 15.3. The summed E-state index contributed by atoms with van der Waals surface area (Å²) in [7, 11) is 0. The number of carbonyl (C=O) groups is 1. The lowest BCUT2D eigenvalue weighted by atomic mass is 9.47. The molecule has 4 aliphatic carbocycles. The molecule has 0 heterocycles. The number of aliphatic hydroxyl groups is 1. The number of esters is 1. The van der Waals surface area contributed by atoms with Gasteiger partial charge in [-0.25, -0.2) is 0 Å². The highest BCUT2D eigenvalue weighted by atomic mass is 16.6. The lowest BCUT2D eigenvalue weighted by molar-refractivity contribution is -0.181. The van der Waals surface area contributed by atoms with Gasteiger partial charge in [0.2, 0.25) is 0 Å². The molecule has 9 atom stereocenters. The smallest absolute Gasteiger partial charge is 0.302 e. The molecular formula is C33H58O4. The monoisotopic (exact) mass is 518 g/mol. The van der Waals surface area contributed by atoms with E-state index in [-0.39, 0.29) is 18.0 Å². The van der Waals surface area contributed by atoms with Crippen molar-refractivity contribution in [2.45, 2.75) is 137 Å². The van der Waals surface area contributed by atoms with Crippen LogP contribution in [0.3, 0.4) is 0 Å². The van der Waals surface area contributed by atoms with Crippen LogP contribution in [0, 0.1) is 52.3 Å². The van der Waals surface area contributed by atoms with Crippen molar-refractivity contribution < 1.29 is 19.4 Å².